The minimum atomic E-state index is -0.355. The van der Waals surface area contributed by atoms with Gasteiger partial charge in [-0.25, -0.2) is 0 Å². The molecule has 0 spiro atoms. The number of aliphatic hydroxyl groups is 1. The highest BCUT2D eigenvalue weighted by Crippen LogP contribution is 2.37. The van der Waals surface area contributed by atoms with E-state index >= 15 is 0 Å². The molecule has 2 heterocycles. The second-order valence-corrected chi connectivity index (χ2v) is 7.75. The van der Waals surface area contributed by atoms with Crippen molar-refractivity contribution in [3.8, 4) is 11.1 Å². The molecule has 5 nitrogen and oxygen atoms in total. The fraction of sp³-hybridized carbons (Fsp3) is 0.455. The Hall–Kier alpha value is -2.24. The summed E-state index contributed by atoms with van der Waals surface area (Å²) in [5.74, 6) is 0.182. The molecule has 1 unspecified atom stereocenters. The Labute approximate surface area is 160 Å². The molecule has 2 atom stereocenters. The van der Waals surface area contributed by atoms with Crippen LogP contribution in [0.15, 0.2) is 30.6 Å². The SMILES string of the molecule is C[C@H](O)CNC1CCCc2c(-c3ccc4c(c3)CCC(=O)N4C)cncc21. The van der Waals surface area contributed by atoms with Gasteiger partial charge in [0, 0.05) is 49.7 Å². The zero-order chi connectivity index (χ0) is 19.0. The van der Waals surface area contributed by atoms with Crippen LogP contribution >= 0.6 is 0 Å². The smallest absolute Gasteiger partial charge is 0.227 e. The molecule has 1 amide bonds. The maximum Gasteiger partial charge on any atom is 0.227 e. The van der Waals surface area contributed by atoms with Crippen molar-refractivity contribution >= 4 is 11.6 Å². The third-order valence-corrected chi connectivity index (χ3v) is 5.78. The first kappa shape index (κ1) is 18.1. The van der Waals surface area contributed by atoms with Gasteiger partial charge in [-0.1, -0.05) is 6.07 Å². The molecule has 1 aliphatic heterocycles. The molecule has 1 aliphatic carbocycles. The number of nitrogens with one attached hydrogen (secondary N) is 1. The van der Waals surface area contributed by atoms with Crippen LogP contribution in [-0.2, 0) is 17.6 Å². The summed E-state index contributed by atoms with van der Waals surface area (Å²) >= 11 is 0. The number of aliphatic hydroxyl groups excluding tert-OH is 1. The molecule has 142 valence electrons. The molecule has 0 saturated heterocycles. The van der Waals surface area contributed by atoms with Gasteiger partial charge in [-0.15, -0.1) is 0 Å². The fourth-order valence-corrected chi connectivity index (χ4v) is 4.32. The number of aromatic nitrogens is 1. The van der Waals surface area contributed by atoms with Gasteiger partial charge in [-0.3, -0.25) is 9.78 Å². The molecule has 5 heteroatoms. The van der Waals surface area contributed by atoms with Crippen molar-refractivity contribution in [1.29, 1.82) is 0 Å². The van der Waals surface area contributed by atoms with E-state index in [2.05, 4.69) is 28.5 Å². The fourth-order valence-electron chi connectivity index (χ4n) is 4.32. The van der Waals surface area contributed by atoms with Crippen molar-refractivity contribution in [3.63, 3.8) is 0 Å². The highest BCUT2D eigenvalue weighted by Gasteiger charge is 2.25. The van der Waals surface area contributed by atoms with Crippen LogP contribution in [0.4, 0.5) is 5.69 Å². The molecule has 2 N–H and O–H groups in total. The molecule has 1 aromatic heterocycles. The number of fused-ring (bicyclic) bond motifs is 2. The van der Waals surface area contributed by atoms with Crippen LogP contribution in [0.1, 0.15) is 48.9 Å². The second kappa shape index (κ2) is 7.41. The Morgan fingerprint density at radius 2 is 2.15 bits per heavy atom. The first-order valence-corrected chi connectivity index (χ1v) is 9.82. The van der Waals surface area contributed by atoms with Crippen LogP contribution in [-0.4, -0.2) is 35.7 Å². The van der Waals surface area contributed by atoms with Crippen LogP contribution in [0.25, 0.3) is 11.1 Å². The average Bonchev–Trinajstić information content (AvgIpc) is 2.68. The van der Waals surface area contributed by atoms with E-state index in [4.69, 9.17) is 0 Å². The minimum Gasteiger partial charge on any atom is -0.392 e. The summed E-state index contributed by atoms with van der Waals surface area (Å²) in [7, 11) is 1.85. The van der Waals surface area contributed by atoms with Gasteiger partial charge in [0.15, 0.2) is 0 Å². The number of nitrogens with zero attached hydrogens (tertiary/aromatic N) is 2. The predicted octanol–water partition coefficient (Wildman–Crippen LogP) is 3.01. The highest BCUT2D eigenvalue weighted by atomic mass is 16.3. The van der Waals surface area contributed by atoms with E-state index in [1.54, 1.807) is 11.8 Å². The number of anilines is 1. The Morgan fingerprint density at radius 1 is 1.30 bits per heavy atom. The topological polar surface area (TPSA) is 65.5 Å². The van der Waals surface area contributed by atoms with Crippen molar-refractivity contribution in [2.24, 2.45) is 0 Å². The summed E-state index contributed by atoms with van der Waals surface area (Å²) in [6.07, 6.45) is 8.21. The predicted molar refractivity (Wildman–Crippen MR) is 107 cm³/mol. The number of pyridine rings is 1. The molecule has 0 fully saturated rings. The van der Waals surface area contributed by atoms with E-state index in [0.29, 0.717) is 13.0 Å². The lowest BCUT2D eigenvalue weighted by Gasteiger charge is -2.29. The number of benzene rings is 1. The van der Waals surface area contributed by atoms with Gasteiger partial charge in [0.25, 0.3) is 0 Å². The normalized spacial score (nSPS) is 20.2. The summed E-state index contributed by atoms with van der Waals surface area (Å²) < 4.78 is 0. The van der Waals surface area contributed by atoms with E-state index in [9.17, 15) is 9.90 Å². The van der Waals surface area contributed by atoms with Crippen LogP contribution in [0.3, 0.4) is 0 Å². The van der Waals surface area contributed by atoms with Crippen LogP contribution < -0.4 is 10.2 Å². The van der Waals surface area contributed by atoms with E-state index in [1.165, 1.54) is 27.8 Å². The number of aryl methyl sites for hydroxylation is 1. The van der Waals surface area contributed by atoms with Gasteiger partial charge in [-0.05, 0) is 67.0 Å². The van der Waals surface area contributed by atoms with E-state index < -0.39 is 0 Å². The monoisotopic (exact) mass is 365 g/mol. The largest absolute Gasteiger partial charge is 0.392 e. The van der Waals surface area contributed by atoms with Crippen molar-refractivity contribution < 1.29 is 9.90 Å². The lowest BCUT2D eigenvalue weighted by molar-refractivity contribution is -0.118. The van der Waals surface area contributed by atoms with E-state index in [-0.39, 0.29) is 18.1 Å². The van der Waals surface area contributed by atoms with Gasteiger partial charge < -0.3 is 15.3 Å². The van der Waals surface area contributed by atoms with Gasteiger partial charge in [0.05, 0.1) is 6.10 Å². The standard InChI is InChI=1S/C22H27N3O2/c1-14(26)11-24-20-5-3-4-17-18(12-23-13-19(17)20)15-6-8-21-16(10-15)7-9-22(27)25(21)2/h6,8,10,12-14,20,24,26H,3-5,7,9,11H2,1-2H3/t14-,20?/m0/s1. The Morgan fingerprint density at radius 3 is 2.96 bits per heavy atom. The summed E-state index contributed by atoms with van der Waals surface area (Å²) in [6, 6.07) is 6.64. The van der Waals surface area contributed by atoms with Gasteiger partial charge in [-0.2, -0.15) is 0 Å². The molecule has 2 aromatic rings. The lowest BCUT2D eigenvalue weighted by atomic mass is 9.84. The summed E-state index contributed by atoms with van der Waals surface area (Å²) in [5.41, 5.74) is 7.23. The zero-order valence-corrected chi connectivity index (χ0v) is 16.0. The van der Waals surface area contributed by atoms with Gasteiger partial charge >= 0.3 is 0 Å². The van der Waals surface area contributed by atoms with Gasteiger partial charge in [0.2, 0.25) is 5.91 Å². The van der Waals surface area contributed by atoms with Crippen LogP contribution in [0.5, 0.6) is 0 Å². The van der Waals surface area contributed by atoms with E-state index in [1.807, 2.05) is 19.4 Å². The third-order valence-electron chi connectivity index (χ3n) is 5.78. The van der Waals surface area contributed by atoms with Crippen molar-refractivity contribution in [3.05, 3.63) is 47.3 Å². The molecule has 1 aromatic carbocycles. The molecular weight excluding hydrogens is 338 g/mol. The number of hydrogen-bond acceptors (Lipinski definition) is 4. The van der Waals surface area contributed by atoms with E-state index in [0.717, 1.165) is 31.4 Å². The maximum atomic E-state index is 11.9. The van der Waals surface area contributed by atoms with Crippen LogP contribution in [0.2, 0.25) is 0 Å². The molecule has 0 bridgehead atoms. The number of carbonyl (C=O) groups excluding carboxylic acids is 1. The maximum absolute atomic E-state index is 11.9. The number of rotatable bonds is 4. The highest BCUT2D eigenvalue weighted by molar-refractivity contribution is 5.96. The Bertz CT molecular complexity index is 863. The molecular formula is C22H27N3O2. The number of amides is 1. The molecule has 27 heavy (non-hydrogen) atoms. The Kier molecular flexibility index (Phi) is 4.98. The lowest BCUT2D eigenvalue weighted by Crippen LogP contribution is -2.31. The second-order valence-electron chi connectivity index (χ2n) is 7.75. The van der Waals surface area contributed by atoms with Gasteiger partial charge in [0.1, 0.15) is 0 Å². The Balaban J connectivity index is 1.69. The van der Waals surface area contributed by atoms with Crippen molar-refractivity contribution in [2.45, 2.75) is 51.2 Å². The molecule has 0 saturated carbocycles. The number of carbonyl (C=O) groups is 1. The summed E-state index contributed by atoms with van der Waals surface area (Å²) in [4.78, 5) is 18.2. The number of hydrogen-bond donors (Lipinski definition) is 2. The third kappa shape index (κ3) is 3.49. The van der Waals surface area contributed by atoms with Crippen molar-refractivity contribution in [1.82, 2.24) is 10.3 Å². The first-order valence-electron chi connectivity index (χ1n) is 9.82. The molecule has 0 radical (unpaired) electrons. The first-order chi connectivity index (χ1) is 13.0. The summed E-state index contributed by atoms with van der Waals surface area (Å²) in [6.45, 7) is 2.40. The summed E-state index contributed by atoms with van der Waals surface area (Å²) in [5, 5.41) is 13.1. The quantitative estimate of drug-likeness (QED) is 0.874. The molecule has 2 aliphatic rings. The minimum absolute atomic E-state index is 0.182. The molecule has 4 rings (SSSR count). The zero-order valence-electron chi connectivity index (χ0n) is 16.0. The van der Waals surface area contributed by atoms with Crippen molar-refractivity contribution in [2.75, 3.05) is 18.5 Å². The average molecular weight is 365 g/mol. The van der Waals surface area contributed by atoms with Crippen LogP contribution in [0, 0.1) is 0 Å².